The van der Waals surface area contributed by atoms with Gasteiger partial charge in [0.05, 0.1) is 0 Å². The van der Waals surface area contributed by atoms with Gasteiger partial charge in [-0.2, -0.15) is 0 Å². The van der Waals surface area contributed by atoms with Gasteiger partial charge in [-0.25, -0.2) is 0 Å². The highest BCUT2D eigenvalue weighted by atomic mass is 127. The first-order chi connectivity index (χ1) is 10.5. The molecule has 0 radical (unpaired) electrons. The summed E-state index contributed by atoms with van der Waals surface area (Å²) in [5, 5.41) is 3.11. The lowest BCUT2D eigenvalue weighted by molar-refractivity contribution is 0.963. The highest BCUT2D eigenvalue weighted by Crippen LogP contribution is 2.12. The summed E-state index contributed by atoms with van der Waals surface area (Å²) in [6.07, 6.45) is 0.879. The number of nitrogens with two attached hydrogens (primary N) is 1. The first-order valence-electron chi connectivity index (χ1n) is 7.44. The molecule has 0 aliphatic rings. The monoisotopic (exact) mass is 424 g/mol. The van der Waals surface area contributed by atoms with Gasteiger partial charge in [0.25, 0.3) is 0 Å². The zero-order valence-corrected chi connectivity index (χ0v) is 16.2. The van der Waals surface area contributed by atoms with Crippen LogP contribution in [0.2, 0.25) is 0 Å². The van der Waals surface area contributed by atoms with E-state index in [9.17, 15) is 0 Å². The highest BCUT2D eigenvalue weighted by Gasteiger charge is 1.98. The number of nitrogens with zero attached hydrogens (tertiary/aromatic N) is 2. The fourth-order valence-corrected chi connectivity index (χ4v) is 2.18. The lowest BCUT2D eigenvalue weighted by atomic mass is 10.1. The van der Waals surface area contributed by atoms with E-state index in [0.29, 0.717) is 12.5 Å². The predicted octanol–water partition coefficient (Wildman–Crippen LogP) is 3.65. The molecule has 2 aromatic rings. The Hall–Kier alpha value is -1.76. The van der Waals surface area contributed by atoms with Crippen LogP contribution in [-0.2, 0) is 6.42 Å². The lowest BCUT2D eigenvalue weighted by Crippen LogP contribution is -2.23. The lowest BCUT2D eigenvalue weighted by Gasteiger charge is -2.12. The predicted molar refractivity (Wildman–Crippen MR) is 111 cm³/mol. The molecule has 23 heavy (non-hydrogen) atoms. The Kier molecular flexibility index (Phi) is 7.88. The van der Waals surface area contributed by atoms with Gasteiger partial charge < -0.3 is 16.0 Å². The molecule has 0 fully saturated rings. The molecule has 0 aliphatic carbocycles. The molecule has 0 atom stereocenters. The molecule has 5 heteroatoms. The summed E-state index contributed by atoms with van der Waals surface area (Å²) in [5.74, 6) is 0.454. The molecule has 0 heterocycles. The van der Waals surface area contributed by atoms with Crippen LogP contribution in [0, 0.1) is 6.92 Å². The van der Waals surface area contributed by atoms with Gasteiger partial charge in [-0.3, -0.25) is 4.99 Å². The molecule has 124 valence electrons. The van der Waals surface area contributed by atoms with Crippen LogP contribution in [0.1, 0.15) is 11.1 Å². The molecule has 2 aromatic carbocycles. The molecule has 0 amide bonds. The summed E-state index contributed by atoms with van der Waals surface area (Å²) in [4.78, 5) is 6.46. The van der Waals surface area contributed by atoms with Gasteiger partial charge in [0, 0.05) is 32.0 Å². The van der Waals surface area contributed by atoms with Crippen molar-refractivity contribution in [1.29, 1.82) is 0 Å². The van der Waals surface area contributed by atoms with Gasteiger partial charge in [0.1, 0.15) is 0 Å². The average Bonchev–Trinajstić information content (AvgIpc) is 2.47. The first kappa shape index (κ1) is 19.3. The summed E-state index contributed by atoms with van der Waals surface area (Å²) in [7, 11) is 4.08. The van der Waals surface area contributed by atoms with Crippen molar-refractivity contribution in [2.24, 2.45) is 10.7 Å². The number of anilines is 2. The number of aryl methyl sites for hydroxylation is 1. The van der Waals surface area contributed by atoms with Gasteiger partial charge in [-0.15, -0.1) is 24.0 Å². The van der Waals surface area contributed by atoms with Gasteiger partial charge in [-0.1, -0.05) is 24.3 Å². The topological polar surface area (TPSA) is 53.6 Å². The van der Waals surface area contributed by atoms with Crippen LogP contribution >= 0.6 is 24.0 Å². The minimum atomic E-state index is 0. The standard InChI is InChI=1S/C18H24N4.HI/c1-14-5-4-6-16(13-14)21-18(19)20-12-11-15-7-9-17(10-8-15)22(2)3;/h4-10,13H,11-12H2,1-3H3,(H3,19,20,21);1H. The number of hydrogen-bond donors (Lipinski definition) is 2. The molecule has 2 rings (SSSR count). The zero-order valence-electron chi connectivity index (χ0n) is 13.9. The van der Waals surface area contributed by atoms with Crippen molar-refractivity contribution in [2.75, 3.05) is 30.9 Å². The third kappa shape index (κ3) is 6.48. The van der Waals surface area contributed by atoms with E-state index in [-0.39, 0.29) is 24.0 Å². The largest absolute Gasteiger partial charge is 0.378 e. The molecular formula is C18H25IN4. The smallest absolute Gasteiger partial charge is 0.193 e. The van der Waals surface area contributed by atoms with Gasteiger partial charge in [0.15, 0.2) is 5.96 Å². The van der Waals surface area contributed by atoms with Crippen LogP contribution in [0.15, 0.2) is 53.5 Å². The second kappa shape index (κ2) is 9.39. The van der Waals surface area contributed by atoms with E-state index in [1.54, 1.807) is 0 Å². The van der Waals surface area contributed by atoms with Crippen LogP contribution in [0.4, 0.5) is 11.4 Å². The highest BCUT2D eigenvalue weighted by molar-refractivity contribution is 14.0. The van der Waals surface area contributed by atoms with Gasteiger partial charge in [-0.05, 0) is 48.7 Å². The Morgan fingerprint density at radius 3 is 2.43 bits per heavy atom. The summed E-state index contributed by atoms with van der Waals surface area (Å²) in [6.45, 7) is 2.72. The molecule has 0 saturated carbocycles. The Morgan fingerprint density at radius 2 is 1.83 bits per heavy atom. The van der Waals surface area contributed by atoms with E-state index in [1.807, 2.05) is 32.3 Å². The molecule has 0 unspecified atom stereocenters. The minimum Gasteiger partial charge on any atom is -0.378 e. The fourth-order valence-electron chi connectivity index (χ4n) is 2.18. The van der Waals surface area contributed by atoms with Crippen LogP contribution in [-0.4, -0.2) is 26.6 Å². The Balaban J connectivity index is 0.00000264. The van der Waals surface area contributed by atoms with E-state index in [4.69, 9.17) is 5.73 Å². The van der Waals surface area contributed by atoms with E-state index >= 15 is 0 Å². The summed E-state index contributed by atoms with van der Waals surface area (Å²) >= 11 is 0. The molecule has 0 bridgehead atoms. The van der Waals surface area contributed by atoms with E-state index < -0.39 is 0 Å². The molecule has 3 N–H and O–H groups in total. The second-order valence-electron chi connectivity index (χ2n) is 5.57. The summed E-state index contributed by atoms with van der Waals surface area (Å²) in [6, 6.07) is 16.6. The number of guanidine groups is 1. The molecular weight excluding hydrogens is 399 g/mol. The third-order valence-electron chi connectivity index (χ3n) is 3.43. The normalized spacial score (nSPS) is 10.8. The molecule has 0 aromatic heterocycles. The summed E-state index contributed by atoms with van der Waals surface area (Å²) in [5.41, 5.74) is 10.5. The maximum absolute atomic E-state index is 5.92. The van der Waals surface area contributed by atoms with Crippen LogP contribution in [0.25, 0.3) is 0 Å². The van der Waals surface area contributed by atoms with Crippen molar-refractivity contribution in [2.45, 2.75) is 13.3 Å². The van der Waals surface area contributed by atoms with Gasteiger partial charge >= 0.3 is 0 Å². The number of hydrogen-bond acceptors (Lipinski definition) is 2. The second-order valence-corrected chi connectivity index (χ2v) is 5.57. The summed E-state index contributed by atoms with van der Waals surface area (Å²) < 4.78 is 0. The van der Waals surface area contributed by atoms with Crippen LogP contribution in [0.3, 0.4) is 0 Å². The average molecular weight is 424 g/mol. The van der Waals surface area contributed by atoms with Crippen molar-refractivity contribution >= 4 is 41.3 Å². The number of benzene rings is 2. The number of nitrogens with one attached hydrogen (secondary N) is 1. The molecule has 0 saturated heterocycles. The quantitative estimate of drug-likeness (QED) is 0.438. The fraction of sp³-hybridized carbons (Fsp3) is 0.278. The van der Waals surface area contributed by atoms with Crippen molar-refractivity contribution in [1.82, 2.24) is 0 Å². The van der Waals surface area contributed by atoms with E-state index in [1.165, 1.54) is 16.8 Å². The van der Waals surface area contributed by atoms with Crippen molar-refractivity contribution < 1.29 is 0 Å². The molecule has 4 nitrogen and oxygen atoms in total. The van der Waals surface area contributed by atoms with Crippen molar-refractivity contribution in [3.8, 4) is 0 Å². The number of halogens is 1. The Labute approximate surface area is 155 Å². The van der Waals surface area contributed by atoms with E-state index in [2.05, 4.69) is 52.5 Å². The minimum absolute atomic E-state index is 0. The SMILES string of the molecule is Cc1cccc(NC(N)=NCCc2ccc(N(C)C)cc2)c1.I. The molecule has 0 aliphatic heterocycles. The van der Waals surface area contributed by atoms with E-state index in [0.717, 1.165) is 12.1 Å². The number of rotatable bonds is 5. The van der Waals surface area contributed by atoms with Crippen LogP contribution in [0.5, 0.6) is 0 Å². The zero-order chi connectivity index (χ0) is 15.9. The Bertz CT molecular complexity index is 636. The van der Waals surface area contributed by atoms with Crippen molar-refractivity contribution in [3.05, 3.63) is 59.7 Å². The maximum Gasteiger partial charge on any atom is 0.193 e. The third-order valence-corrected chi connectivity index (χ3v) is 3.43. The molecule has 0 spiro atoms. The van der Waals surface area contributed by atoms with Gasteiger partial charge in [0.2, 0.25) is 0 Å². The first-order valence-corrected chi connectivity index (χ1v) is 7.44. The number of aliphatic imine (C=N–C) groups is 1. The maximum atomic E-state index is 5.92. The van der Waals surface area contributed by atoms with Crippen LogP contribution < -0.4 is 16.0 Å². The van der Waals surface area contributed by atoms with Crippen molar-refractivity contribution in [3.63, 3.8) is 0 Å². The Morgan fingerprint density at radius 1 is 1.13 bits per heavy atom.